The quantitative estimate of drug-likeness (QED) is 0.769. The Hall–Kier alpha value is -0.610. The van der Waals surface area contributed by atoms with Crippen LogP contribution >= 0.6 is 0 Å². The third kappa shape index (κ3) is 3.95. The average molecular weight is 254 g/mol. The van der Waals surface area contributed by atoms with Crippen LogP contribution in [0.1, 0.15) is 38.5 Å². The lowest BCUT2D eigenvalue weighted by molar-refractivity contribution is -0.131. The molecular weight excluding hydrogens is 228 g/mol. The van der Waals surface area contributed by atoms with Gasteiger partial charge in [-0.15, -0.1) is 0 Å². The van der Waals surface area contributed by atoms with Crippen LogP contribution in [0.2, 0.25) is 0 Å². The minimum absolute atomic E-state index is 0.117. The molecule has 0 radical (unpaired) electrons. The summed E-state index contributed by atoms with van der Waals surface area (Å²) in [6.45, 7) is 3.03. The van der Waals surface area contributed by atoms with Gasteiger partial charge in [0, 0.05) is 20.0 Å². The molecule has 2 rings (SSSR count). The van der Waals surface area contributed by atoms with Crippen molar-refractivity contribution in [3.63, 3.8) is 0 Å². The Morgan fingerprint density at radius 1 is 1.28 bits per heavy atom. The van der Waals surface area contributed by atoms with E-state index in [0.29, 0.717) is 12.3 Å². The van der Waals surface area contributed by atoms with Crippen LogP contribution in [0.25, 0.3) is 0 Å². The van der Waals surface area contributed by atoms with E-state index in [1.165, 1.54) is 12.8 Å². The largest absolute Gasteiger partial charge is 0.393 e. The molecule has 0 aromatic rings. The maximum absolute atomic E-state index is 12.0. The summed E-state index contributed by atoms with van der Waals surface area (Å²) in [7, 11) is 1.90. The van der Waals surface area contributed by atoms with Crippen molar-refractivity contribution < 1.29 is 9.90 Å². The number of rotatable bonds is 5. The zero-order chi connectivity index (χ0) is 13.0. The van der Waals surface area contributed by atoms with E-state index < -0.39 is 0 Å². The van der Waals surface area contributed by atoms with Gasteiger partial charge < -0.3 is 15.3 Å². The van der Waals surface area contributed by atoms with Gasteiger partial charge >= 0.3 is 0 Å². The minimum atomic E-state index is -0.117. The molecule has 18 heavy (non-hydrogen) atoms. The summed E-state index contributed by atoms with van der Waals surface area (Å²) in [4.78, 5) is 13.8. The Morgan fingerprint density at radius 3 is 2.56 bits per heavy atom. The lowest BCUT2D eigenvalue weighted by atomic mass is 9.82. The van der Waals surface area contributed by atoms with Gasteiger partial charge in [0.25, 0.3) is 0 Å². The Kier molecular flexibility index (Phi) is 5.01. The number of carbonyl (C=O) groups excluding carboxylic acids is 1. The minimum Gasteiger partial charge on any atom is -0.393 e. The van der Waals surface area contributed by atoms with Gasteiger partial charge in [0.1, 0.15) is 0 Å². The van der Waals surface area contributed by atoms with Crippen molar-refractivity contribution in [2.24, 2.45) is 11.8 Å². The average Bonchev–Trinajstić information content (AvgIpc) is 2.35. The summed E-state index contributed by atoms with van der Waals surface area (Å²) >= 11 is 0. The number of amides is 1. The second-order valence-corrected chi connectivity index (χ2v) is 6.00. The van der Waals surface area contributed by atoms with Gasteiger partial charge in [0.15, 0.2) is 0 Å². The van der Waals surface area contributed by atoms with E-state index in [1.54, 1.807) is 0 Å². The predicted molar refractivity (Wildman–Crippen MR) is 71.2 cm³/mol. The summed E-state index contributed by atoms with van der Waals surface area (Å²) in [5.41, 5.74) is 0. The van der Waals surface area contributed by atoms with Crippen molar-refractivity contribution in [3.05, 3.63) is 0 Å². The number of piperidine rings is 1. The fourth-order valence-electron chi connectivity index (χ4n) is 3.03. The maximum Gasteiger partial charge on any atom is 0.222 e. The first-order valence-corrected chi connectivity index (χ1v) is 7.28. The molecule has 2 N–H and O–H groups in total. The van der Waals surface area contributed by atoms with Gasteiger partial charge in [0.05, 0.1) is 6.10 Å². The van der Waals surface area contributed by atoms with Gasteiger partial charge in [-0.1, -0.05) is 0 Å². The fourth-order valence-corrected chi connectivity index (χ4v) is 3.03. The molecule has 2 aliphatic rings. The van der Waals surface area contributed by atoms with Crippen LogP contribution in [-0.4, -0.2) is 48.7 Å². The highest BCUT2D eigenvalue weighted by Crippen LogP contribution is 2.28. The highest BCUT2D eigenvalue weighted by molar-refractivity contribution is 5.75. The lowest BCUT2D eigenvalue weighted by Gasteiger charge is -2.34. The van der Waals surface area contributed by atoms with E-state index >= 15 is 0 Å². The summed E-state index contributed by atoms with van der Waals surface area (Å²) in [5, 5.41) is 12.6. The molecule has 0 bridgehead atoms. The van der Waals surface area contributed by atoms with Gasteiger partial charge in [0.2, 0.25) is 5.91 Å². The molecule has 1 heterocycles. The van der Waals surface area contributed by atoms with Crippen molar-refractivity contribution in [2.45, 2.75) is 44.6 Å². The number of nitrogens with one attached hydrogen (secondary N) is 1. The highest BCUT2D eigenvalue weighted by Gasteiger charge is 2.29. The SMILES string of the molecule is CN(CC1CC(O)C1)C(=O)CCC1CCNCC1. The Balaban J connectivity index is 1.61. The first kappa shape index (κ1) is 13.8. The molecule has 1 aliphatic heterocycles. The van der Waals surface area contributed by atoms with Crippen molar-refractivity contribution in [1.29, 1.82) is 0 Å². The summed E-state index contributed by atoms with van der Waals surface area (Å²) in [6, 6.07) is 0. The van der Waals surface area contributed by atoms with E-state index in [9.17, 15) is 9.90 Å². The fraction of sp³-hybridized carbons (Fsp3) is 0.929. The van der Waals surface area contributed by atoms with E-state index in [1.807, 2.05) is 11.9 Å². The van der Waals surface area contributed by atoms with Crippen molar-refractivity contribution >= 4 is 5.91 Å². The van der Waals surface area contributed by atoms with E-state index in [4.69, 9.17) is 0 Å². The van der Waals surface area contributed by atoms with Crippen LogP contribution in [0.3, 0.4) is 0 Å². The zero-order valence-electron chi connectivity index (χ0n) is 11.4. The molecule has 1 saturated carbocycles. The molecule has 0 atom stereocenters. The van der Waals surface area contributed by atoms with E-state index in [-0.39, 0.29) is 12.0 Å². The number of nitrogens with zero attached hydrogens (tertiary/aromatic N) is 1. The molecule has 0 unspecified atom stereocenters. The molecule has 2 fully saturated rings. The second-order valence-electron chi connectivity index (χ2n) is 6.00. The Labute approximate surface area is 110 Å². The lowest BCUT2D eigenvalue weighted by Crippen LogP contribution is -2.39. The third-order valence-corrected chi connectivity index (χ3v) is 4.39. The summed E-state index contributed by atoms with van der Waals surface area (Å²) < 4.78 is 0. The molecule has 1 amide bonds. The van der Waals surface area contributed by atoms with Crippen molar-refractivity contribution in [1.82, 2.24) is 10.2 Å². The number of hydrogen-bond acceptors (Lipinski definition) is 3. The van der Waals surface area contributed by atoms with Gasteiger partial charge in [-0.25, -0.2) is 0 Å². The van der Waals surface area contributed by atoms with Gasteiger partial charge in [-0.05, 0) is 57.0 Å². The Morgan fingerprint density at radius 2 is 1.94 bits per heavy atom. The van der Waals surface area contributed by atoms with Crippen LogP contribution in [-0.2, 0) is 4.79 Å². The Bertz CT molecular complexity index is 271. The highest BCUT2D eigenvalue weighted by atomic mass is 16.3. The summed E-state index contributed by atoms with van der Waals surface area (Å²) in [5.74, 6) is 1.52. The maximum atomic E-state index is 12.0. The first-order chi connectivity index (χ1) is 8.65. The topological polar surface area (TPSA) is 52.6 Å². The van der Waals surface area contributed by atoms with Crippen LogP contribution in [0.4, 0.5) is 0 Å². The molecule has 0 spiro atoms. The predicted octanol–water partition coefficient (Wildman–Crippen LogP) is 0.995. The number of aliphatic hydroxyl groups is 1. The smallest absolute Gasteiger partial charge is 0.222 e. The third-order valence-electron chi connectivity index (χ3n) is 4.39. The number of aliphatic hydroxyl groups excluding tert-OH is 1. The second kappa shape index (κ2) is 6.53. The van der Waals surface area contributed by atoms with Crippen molar-refractivity contribution in [2.75, 3.05) is 26.7 Å². The molecule has 0 aromatic carbocycles. The molecular formula is C14H26N2O2. The van der Waals surface area contributed by atoms with Crippen molar-refractivity contribution in [3.8, 4) is 0 Å². The van der Waals surface area contributed by atoms with Crippen LogP contribution < -0.4 is 5.32 Å². The number of hydrogen-bond donors (Lipinski definition) is 2. The molecule has 1 aliphatic carbocycles. The molecule has 104 valence electrons. The molecule has 1 saturated heterocycles. The van der Waals surface area contributed by atoms with Crippen LogP contribution in [0, 0.1) is 11.8 Å². The molecule has 4 nitrogen and oxygen atoms in total. The van der Waals surface area contributed by atoms with Crippen LogP contribution in [0.5, 0.6) is 0 Å². The first-order valence-electron chi connectivity index (χ1n) is 7.28. The van der Waals surface area contributed by atoms with E-state index in [2.05, 4.69) is 5.32 Å². The standard InChI is InChI=1S/C14H26N2O2/c1-16(10-12-8-13(17)9-12)14(18)3-2-11-4-6-15-7-5-11/h11-13,15,17H,2-10H2,1H3. The normalized spacial score (nSPS) is 28.8. The zero-order valence-corrected chi connectivity index (χ0v) is 11.4. The summed E-state index contributed by atoms with van der Waals surface area (Å²) in [6.07, 6.45) is 5.78. The van der Waals surface area contributed by atoms with Crippen LogP contribution in [0.15, 0.2) is 0 Å². The monoisotopic (exact) mass is 254 g/mol. The number of carbonyl (C=O) groups is 1. The van der Waals surface area contributed by atoms with Gasteiger partial charge in [-0.2, -0.15) is 0 Å². The van der Waals surface area contributed by atoms with Gasteiger partial charge in [-0.3, -0.25) is 4.79 Å². The molecule has 0 aromatic heterocycles. The molecule has 4 heteroatoms. The van der Waals surface area contributed by atoms with E-state index in [0.717, 1.165) is 44.8 Å².